The molecule has 1 saturated carbocycles. The van der Waals surface area contributed by atoms with Gasteiger partial charge in [-0.15, -0.1) is 0 Å². The number of aliphatic carboxylic acids is 1. The summed E-state index contributed by atoms with van der Waals surface area (Å²) in [4.78, 5) is 19.8. The van der Waals surface area contributed by atoms with Crippen molar-refractivity contribution in [3.05, 3.63) is 77.8 Å². The zero-order chi connectivity index (χ0) is 22.3. The van der Waals surface area contributed by atoms with Crippen molar-refractivity contribution in [2.75, 3.05) is 5.32 Å². The molecule has 0 saturated heterocycles. The van der Waals surface area contributed by atoms with Crippen LogP contribution < -0.4 is 5.32 Å². The number of halogens is 1. The highest BCUT2D eigenvalue weighted by Crippen LogP contribution is 2.48. The standard InChI is InChI=1S/C24H20ClN5O2/c1-30-22(29-21-14-26-13-20(25)28-21)19(12-27-30)17-4-2-15(3-5-17)16-6-8-18(9-7-16)24(10-11-24)23(31)32/h2-9,12-14H,10-11H2,1H3,(H,28,29)(H,31,32). The Labute approximate surface area is 189 Å². The maximum atomic E-state index is 11.5. The third kappa shape index (κ3) is 3.61. The fraction of sp³-hybridized carbons (Fsp3) is 0.167. The molecule has 1 aliphatic carbocycles. The molecule has 2 heterocycles. The van der Waals surface area contributed by atoms with Crippen LogP contribution >= 0.6 is 11.6 Å². The van der Waals surface area contributed by atoms with Crippen LogP contribution in [0.2, 0.25) is 5.15 Å². The molecule has 0 bridgehead atoms. The summed E-state index contributed by atoms with van der Waals surface area (Å²) in [6, 6.07) is 16.0. The van der Waals surface area contributed by atoms with E-state index < -0.39 is 11.4 Å². The first-order valence-corrected chi connectivity index (χ1v) is 10.6. The Bertz CT molecular complexity index is 1290. The van der Waals surface area contributed by atoms with E-state index in [1.54, 1.807) is 17.1 Å². The highest BCUT2D eigenvalue weighted by Gasteiger charge is 2.51. The number of carboxylic acids is 1. The van der Waals surface area contributed by atoms with E-state index in [1.807, 2.05) is 55.6 Å². The van der Waals surface area contributed by atoms with E-state index >= 15 is 0 Å². The molecule has 0 radical (unpaired) electrons. The highest BCUT2D eigenvalue weighted by molar-refractivity contribution is 6.29. The Morgan fingerprint density at radius 1 is 1.00 bits per heavy atom. The maximum absolute atomic E-state index is 11.5. The first-order chi connectivity index (χ1) is 15.5. The van der Waals surface area contributed by atoms with E-state index in [-0.39, 0.29) is 0 Å². The number of rotatable bonds is 6. The summed E-state index contributed by atoms with van der Waals surface area (Å²) in [5, 5.41) is 17.4. The fourth-order valence-electron chi connectivity index (χ4n) is 3.90. The van der Waals surface area contributed by atoms with Gasteiger partial charge in [-0.1, -0.05) is 60.1 Å². The SMILES string of the molecule is Cn1ncc(-c2ccc(-c3ccc(C4(C(=O)O)CC4)cc3)cc2)c1Nc1cncc(Cl)n1. The van der Waals surface area contributed by atoms with Gasteiger partial charge in [0.25, 0.3) is 0 Å². The van der Waals surface area contributed by atoms with Crippen molar-refractivity contribution < 1.29 is 9.90 Å². The molecule has 5 rings (SSSR count). The lowest BCUT2D eigenvalue weighted by Gasteiger charge is -2.12. The zero-order valence-electron chi connectivity index (χ0n) is 17.3. The molecule has 0 amide bonds. The lowest BCUT2D eigenvalue weighted by Crippen LogP contribution is -2.19. The molecule has 8 heteroatoms. The molecular formula is C24H20ClN5O2. The average molecular weight is 446 g/mol. The van der Waals surface area contributed by atoms with Gasteiger partial charge in [-0.2, -0.15) is 5.10 Å². The van der Waals surface area contributed by atoms with Gasteiger partial charge >= 0.3 is 5.97 Å². The van der Waals surface area contributed by atoms with Gasteiger partial charge in [-0.3, -0.25) is 14.5 Å². The first-order valence-electron chi connectivity index (χ1n) is 10.2. The monoisotopic (exact) mass is 445 g/mol. The number of aryl methyl sites for hydroxylation is 1. The van der Waals surface area contributed by atoms with E-state index in [1.165, 1.54) is 6.20 Å². The lowest BCUT2D eigenvalue weighted by atomic mass is 9.93. The number of anilines is 2. The highest BCUT2D eigenvalue weighted by atomic mass is 35.5. The van der Waals surface area contributed by atoms with Crippen LogP contribution in [0.15, 0.2) is 67.1 Å². The van der Waals surface area contributed by atoms with E-state index in [2.05, 4.69) is 20.4 Å². The van der Waals surface area contributed by atoms with Gasteiger partial charge in [0.1, 0.15) is 11.0 Å². The van der Waals surface area contributed by atoms with Crippen LogP contribution in [0, 0.1) is 0 Å². The van der Waals surface area contributed by atoms with Gasteiger partial charge in [0.15, 0.2) is 5.82 Å². The normalized spacial score (nSPS) is 14.2. The molecule has 160 valence electrons. The van der Waals surface area contributed by atoms with Gasteiger partial charge < -0.3 is 10.4 Å². The number of benzene rings is 2. The Kier molecular flexibility index (Phi) is 4.90. The summed E-state index contributed by atoms with van der Waals surface area (Å²) < 4.78 is 1.74. The van der Waals surface area contributed by atoms with Crippen molar-refractivity contribution in [3.63, 3.8) is 0 Å². The van der Waals surface area contributed by atoms with E-state index in [0.717, 1.165) is 33.6 Å². The van der Waals surface area contributed by atoms with Gasteiger partial charge in [-0.05, 0) is 35.1 Å². The zero-order valence-corrected chi connectivity index (χ0v) is 18.0. The van der Waals surface area contributed by atoms with Crippen molar-refractivity contribution in [2.45, 2.75) is 18.3 Å². The Balaban J connectivity index is 1.39. The van der Waals surface area contributed by atoms with Crippen molar-refractivity contribution >= 4 is 29.2 Å². The summed E-state index contributed by atoms with van der Waals surface area (Å²) in [5.41, 5.74) is 4.21. The molecule has 0 spiro atoms. The third-order valence-corrected chi connectivity index (χ3v) is 6.10. The molecule has 2 N–H and O–H groups in total. The second kappa shape index (κ2) is 7.76. The second-order valence-corrected chi connectivity index (χ2v) is 8.31. The summed E-state index contributed by atoms with van der Waals surface area (Å²) >= 11 is 5.95. The quantitative estimate of drug-likeness (QED) is 0.431. The predicted octanol–water partition coefficient (Wildman–Crippen LogP) is 5.06. The Morgan fingerprint density at radius 3 is 2.22 bits per heavy atom. The number of carbonyl (C=O) groups is 1. The molecule has 1 fully saturated rings. The van der Waals surface area contributed by atoms with Crippen LogP contribution in [0.5, 0.6) is 0 Å². The molecule has 2 aromatic carbocycles. The molecule has 1 aliphatic rings. The molecule has 0 atom stereocenters. The van der Waals surface area contributed by atoms with E-state index in [0.29, 0.717) is 23.8 Å². The number of nitrogens with one attached hydrogen (secondary N) is 1. The topological polar surface area (TPSA) is 92.9 Å². The minimum atomic E-state index is -0.737. The third-order valence-electron chi connectivity index (χ3n) is 5.92. The number of hydrogen-bond donors (Lipinski definition) is 2. The molecule has 32 heavy (non-hydrogen) atoms. The second-order valence-electron chi connectivity index (χ2n) is 7.92. The summed E-state index contributed by atoms with van der Waals surface area (Å²) in [6.07, 6.45) is 6.29. The smallest absolute Gasteiger partial charge is 0.314 e. The Morgan fingerprint density at radius 2 is 1.62 bits per heavy atom. The maximum Gasteiger partial charge on any atom is 0.314 e. The fourth-order valence-corrected chi connectivity index (χ4v) is 4.04. The molecular weight excluding hydrogens is 426 g/mol. The van der Waals surface area contributed by atoms with Crippen LogP contribution in [0.4, 0.5) is 11.6 Å². The summed E-state index contributed by atoms with van der Waals surface area (Å²) in [7, 11) is 1.85. The largest absolute Gasteiger partial charge is 0.481 e. The molecule has 7 nitrogen and oxygen atoms in total. The van der Waals surface area contributed by atoms with Crippen LogP contribution in [0.25, 0.3) is 22.3 Å². The van der Waals surface area contributed by atoms with Crippen LogP contribution in [-0.2, 0) is 17.3 Å². The van der Waals surface area contributed by atoms with Crippen LogP contribution in [0.1, 0.15) is 18.4 Å². The van der Waals surface area contributed by atoms with Crippen molar-refractivity contribution in [2.24, 2.45) is 7.05 Å². The number of carboxylic acid groups (broad SMARTS) is 1. The lowest BCUT2D eigenvalue weighted by molar-refractivity contribution is -0.140. The Hall–Kier alpha value is -3.71. The van der Waals surface area contributed by atoms with Crippen molar-refractivity contribution in [1.82, 2.24) is 19.7 Å². The number of hydrogen-bond acceptors (Lipinski definition) is 5. The van der Waals surface area contributed by atoms with E-state index in [9.17, 15) is 9.90 Å². The minimum absolute atomic E-state index is 0.310. The van der Waals surface area contributed by atoms with Gasteiger partial charge in [0, 0.05) is 12.6 Å². The van der Waals surface area contributed by atoms with Gasteiger partial charge in [0.2, 0.25) is 0 Å². The molecule has 0 aliphatic heterocycles. The molecule has 4 aromatic rings. The first kappa shape index (κ1) is 20.2. The van der Waals surface area contributed by atoms with Gasteiger partial charge in [0.05, 0.1) is 24.0 Å². The van der Waals surface area contributed by atoms with Crippen molar-refractivity contribution in [1.29, 1.82) is 0 Å². The van der Waals surface area contributed by atoms with Crippen molar-refractivity contribution in [3.8, 4) is 22.3 Å². The summed E-state index contributed by atoms with van der Waals surface area (Å²) in [6.45, 7) is 0. The van der Waals surface area contributed by atoms with Crippen LogP contribution in [0.3, 0.4) is 0 Å². The van der Waals surface area contributed by atoms with Gasteiger partial charge in [-0.25, -0.2) is 4.98 Å². The summed E-state index contributed by atoms with van der Waals surface area (Å²) in [5.74, 6) is 0.579. The number of aromatic nitrogens is 4. The number of nitrogens with zero attached hydrogens (tertiary/aromatic N) is 4. The molecule has 2 aromatic heterocycles. The minimum Gasteiger partial charge on any atom is -0.481 e. The average Bonchev–Trinajstić information content (AvgIpc) is 3.54. The predicted molar refractivity (Wildman–Crippen MR) is 123 cm³/mol. The van der Waals surface area contributed by atoms with Crippen LogP contribution in [-0.4, -0.2) is 30.8 Å². The van der Waals surface area contributed by atoms with E-state index in [4.69, 9.17) is 11.6 Å². The molecule has 0 unspecified atom stereocenters.